The van der Waals surface area contributed by atoms with Crippen molar-refractivity contribution >= 4 is 236 Å². The molecule has 7 N–H and O–H groups in total. The Balaban J connectivity index is 0.000000147. The summed E-state index contributed by atoms with van der Waals surface area (Å²) >= 11 is 23.5. The molecule has 21 aromatic rings. The highest BCUT2D eigenvalue weighted by atomic mass is 79.9. The van der Waals surface area contributed by atoms with Crippen LogP contribution in [0.25, 0.3) is 114 Å². The van der Waals surface area contributed by atoms with Gasteiger partial charge in [0.25, 0.3) is 11.1 Å². The van der Waals surface area contributed by atoms with Gasteiger partial charge >= 0.3 is 0 Å². The Kier molecular flexibility index (Phi) is 40.9. The van der Waals surface area contributed by atoms with Gasteiger partial charge in [-0.2, -0.15) is 0 Å². The minimum atomic E-state index is -0.173. The fraction of sp³-hybridized carbons (Fsp3) is 0.152. The fourth-order valence-electron chi connectivity index (χ4n) is 17.8. The molecule has 0 aliphatic heterocycles. The predicted octanol–water partition coefficient (Wildman–Crippen LogP) is 32.8. The first-order valence-electron chi connectivity index (χ1n) is 47.5. The van der Waals surface area contributed by atoms with Crippen molar-refractivity contribution in [3.8, 4) is 11.5 Å². The van der Waals surface area contributed by atoms with Gasteiger partial charge in [-0.05, 0) is 304 Å². The van der Waals surface area contributed by atoms with E-state index in [1.165, 1.54) is 77.7 Å². The van der Waals surface area contributed by atoms with E-state index in [1.54, 1.807) is 27.6 Å². The van der Waals surface area contributed by atoms with Crippen LogP contribution in [0.5, 0.6) is 11.5 Å². The number of rotatable bonds is 13. The average Bonchev–Trinajstić information content (AvgIpc) is 0.774. The number of ether oxygens (including phenoxy) is 3. The lowest BCUT2D eigenvalue weighted by Gasteiger charge is -2.12. The molecule has 16 nitrogen and oxygen atoms in total. The van der Waals surface area contributed by atoms with E-state index in [4.69, 9.17) is 42.3 Å². The summed E-state index contributed by atoms with van der Waals surface area (Å²) in [6.45, 7) is 25.9. The minimum absolute atomic E-state index is 0.0238. The number of para-hydroxylation sites is 1. The van der Waals surface area contributed by atoms with Crippen molar-refractivity contribution in [2.24, 2.45) is 5.73 Å². The number of aromatic nitrogens is 5. The first kappa shape index (κ1) is 112. The number of anilines is 2. The largest absolute Gasteiger partial charge is 0.504 e. The number of nitrogens with zero attached hydrogens (tertiary/aromatic N) is 3. The molecule has 746 valence electrons. The van der Waals surface area contributed by atoms with Crippen molar-refractivity contribution in [3.05, 3.63) is 466 Å². The number of aryl methyl sites for hydroxylation is 12. The molecule has 5 heterocycles. The molecule has 1 unspecified atom stereocenters. The van der Waals surface area contributed by atoms with Crippen molar-refractivity contribution in [2.45, 2.75) is 107 Å². The molecule has 0 aliphatic carbocycles. The van der Waals surface area contributed by atoms with E-state index in [-0.39, 0.29) is 15.9 Å². The molecule has 0 radical (unpaired) electrons. The zero-order valence-electron chi connectivity index (χ0n) is 84.6. The zero-order chi connectivity index (χ0) is 106. The Bertz CT molecular complexity index is 8230. The van der Waals surface area contributed by atoms with Crippen molar-refractivity contribution in [2.75, 3.05) is 32.4 Å². The second-order valence-corrected chi connectivity index (χ2v) is 40.4. The maximum absolute atomic E-state index is 11.8. The lowest BCUT2D eigenvalue weighted by atomic mass is 9.98. The van der Waals surface area contributed by atoms with Crippen molar-refractivity contribution in [1.82, 2.24) is 24.9 Å². The third-order valence-electron chi connectivity index (χ3n) is 24.5. The molecule has 0 bridgehead atoms. The van der Waals surface area contributed by atoms with E-state index in [0.717, 1.165) is 185 Å². The Labute approximate surface area is 904 Å². The topological polar surface area (TPSA) is 247 Å². The summed E-state index contributed by atoms with van der Waals surface area (Å²) < 4.78 is 19.3. The number of pyridine rings is 5. The van der Waals surface area contributed by atoms with Crippen LogP contribution in [0.15, 0.2) is 349 Å². The van der Waals surface area contributed by atoms with Crippen LogP contribution in [-0.2, 0) is 33.8 Å². The van der Waals surface area contributed by atoms with E-state index in [2.05, 4.69) is 250 Å². The summed E-state index contributed by atoms with van der Waals surface area (Å²) in [5.74, 6) is 3.23. The van der Waals surface area contributed by atoms with Gasteiger partial charge in [0.05, 0.1) is 49.0 Å². The third-order valence-corrected chi connectivity index (χ3v) is 27.5. The van der Waals surface area contributed by atoms with Crippen LogP contribution in [-0.4, -0.2) is 65.1 Å². The number of methoxy groups -OCH3 is 3. The van der Waals surface area contributed by atoms with Gasteiger partial charge in [0.15, 0.2) is 6.29 Å². The molecule has 0 spiro atoms. The van der Waals surface area contributed by atoms with Gasteiger partial charge in [0, 0.05) is 108 Å². The first-order valence-corrected chi connectivity index (χ1v) is 51.9. The molecule has 0 saturated heterocycles. The molecular formula is C125H116Br5ClN8O8. The maximum Gasteiger partial charge on any atom is 0.256 e. The Morgan fingerprint density at radius 2 is 0.728 bits per heavy atom. The van der Waals surface area contributed by atoms with E-state index >= 15 is 0 Å². The van der Waals surface area contributed by atoms with E-state index in [9.17, 15) is 24.0 Å². The normalized spacial score (nSPS) is 10.8. The molecule has 22 heteroatoms. The SMILES string of the molecule is CO/C=C/c1c(C)cc(C)cc1C.COc1ccc(CN)cc1.COc1ccc(CNc2nc3ccc(Br)cc3c3ccccc23)cc1.Cc1cc(C)c(C(Br)C=O)c(C)c1.Cc1cc(C)c(C=O)c(C)c1.Cc1cc(C)c(CC=O)c(C)c1.Clc1nc2ccc(Br)cc2c2ccccc12.Nc1nc2ccc(Br)cc2c2ccccc12.O=c1[nH]c2ccc(Br)cc2c2ccccc12.O=c1[nH]c2ccccc2c2ccccc12. The highest BCUT2D eigenvalue weighted by Gasteiger charge is 2.16. The number of nitrogens with one attached hydrogen (secondary N) is 3. The molecule has 5 aromatic heterocycles. The number of halogens is 6. The summed E-state index contributed by atoms with van der Waals surface area (Å²) in [4.78, 5) is 74.3. The molecule has 0 fully saturated rings. The number of H-pyrrole nitrogens is 2. The van der Waals surface area contributed by atoms with Crippen LogP contribution in [0.3, 0.4) is 0 Å². The zero-order valence-corrected chi connectivity index (χ0v) is 93.3. The van der Waals surface area contributed by atoms with Crippen LogP contribution in [0, 0.1) is 83.1 Å². The number of nitrogen functional groups attached to an aromatic ring is 1. The van der Waals surface area contributed by atoms with Crippen molar-refractivity contribution in [3.63, 3.8) is 0 Å². The molecule has 16 aromatic carbocycles. The van der Waals surface area contributed by atoms with Crippen molar-refractivity contribution in [1.29, 1.82) is 0 Å². The standard InChI is InChI=1S/C21H17BrN2O.C13H7BrClN.C13H9BrN2.C13H8BrNO.C13H9NO.C12H16O.C11H13BrO.C11H14O.C10H12O.C8H11NO/c1-25-16-9-6-14(7-10-16)13-23-21-18-5-3-2-4-17(18)19-12-15(22)8-11-20(19)24-21;2*14-8-5-6-12-11(7-8)9-3-1-2-4-10(9)13(15)16-12;14-8-5-6-12-11(7-8)9-3-1-2-4-10(9)13(16)15-12;15-13-11-7-2-1-5-9(11)10-6-3-4-8-12(10)14-13;1-9-7-10(2)12(5-6-13-4)11(3)8-9;1-7-4-8(2)11(9(3)5-7)10(12)6-13;1-8-6-9(2)11(4-5-12)10(3)7-8;1-7-4-8(2)10(6-11)9(3)5-7;1-10-8-4-2-7(6-9)3-5-8/h2-12H,13H2,1H3,(H,23,24);1-7H;1-7H,(H2,15,16);1-7H,(H,15,16);1-8H,(H,14,15);5-8H,1-4H3;4-6,10H,1-3H3;5-7H,4H2,1-3H3;4-6H,1-3H3;2-5H,6,9H2,1H3/b;;;;;6-5+;;;;. The number of carbonyl (C=O) groups excluding carboxylic acids is 3. The number of aldehydes is 3. The smallest absolute Gasteiger partial charge is 0.256 e. The Morgan fingerprint density at radius 1 is 0.374 bits per heavy atom. The molecule has 1 atom stereocenters. The van der Waals surface area contributed by atoms with Crippen LogP contribution in [0.4, 0.5) is 11.6 Å². The first-order chi connectivity index (χ1) is 70.7. The van der Waals surface area contributed by atoms with Gasteiger partial charge in [0.2, 0.25) is 0 Å². The summed E-state index contributed by atoms with van der Waals surface area (Å²) in [6.07, 6.45) is 7.06. The summed E-state index contributed by atoms with van der Waals surface area (Å²) in [7, 11) is 4.99. The van der Waals surface area contributed by atoms with Crippen LogP contribution >= 0.6 is 91.3 Å². The van der Waals surface area contributed by atoms with Crippen LogP contribution < -0.4 is 37.4 Å². The number of alkyl halides is 1. The second-order valence-electron chi connectivity index (χ2n) is 35.3. The monoisotopic (exact) mass is 2290 g/mol. The Morgan fingerprint density at radius 3 is 1.17 bits per heavy atom. The number of benzene rings is 16. The minimum Gasteiger partial charge on any atom is -0.504 e. The number of hydrogen-bond donors (Lipinski definition) is 5. The maximum atomic E-state index is 11.8. The van der Waals surface area contributed by atoms with Crippen molar-refractivity contribution < 1.29 is 28.6 Å². The fourth-order valence-corrected chi connectivity index (χ4v) is 20.2. The second kappa shape index (κ2) is 53.8. The van der Waals surface area contributed by atoms with Gasteiger partial charge in [0.1, 0.15) is 40.9 Å². The highest BCUT2D eigenvalue weighted by molar-refractivity contribution is 9.11. The van der Waals surface area contributed by atoms with Gasteiger partial charge in [-0.15, -0.1) is 0 Å². The van der Waals surface area contributed by atoms with Gasteiger partial charge in [-0.1, -0.05) is 314 Å². The van der Waals surface area contributed by atoms with Gasteiger partial charge in [-0.3, -0.25) is 14.4 Å². The van der Waals surface area contributed by atoms with E-state index < -0.39 is 0 Å². The lowest BCUT2D eigenvalue weighted by Crippen LogP contribution is -2.05. The third kappa shape index (κ3) is 29.7. The quantitative estimate of drug-likeness (QED) is 0.0237. The number of hydrogen-bond acceptors (Lipinski definition) is 14. The predicted molar refractivity (Wildman–Crippen MR) is 635 cm³/mol. The number of carbonyl (C=O) groups is 3. The summed E-state index contributed by atoms with van der Waals surface area (Å²) in [5, 5.41) is 19.7. The molecule has 147 heavy (non-hydrogen) atoms. The number of fused-ring (bicyclic) bond motifs is 15. The van der Waals surface area contributed by atoms with Crippen LogP contribution in [0.1, 0.15) is 110 Å². The van der Waals surface area contributed by atoms with Gasteiger partial charge in [-0.25, -0.2) is 15.0 Å². The Hall–Kier alpha value is -14.1. The van der Waals surface area contributed by atoms with Gasteiger partial charge < -0.3 is 50.6 Å². The molecular weight excluding hydrogens is 2180 g/mol. The molecule has 0 amide bonds. The molecule has 0 saturated carbocycles. The number of nitrogens with two attached hydrogens (primary N) is 2. The van der Waals surface area contributed by atoms with Crippen LogP contribution in [0.2, 0.25) is 5.15 Å². The summed E-state index contributed by atoms with van der Waals surface area (Å²) in [5.41, 5.74) is 37.1. The van der Waals surface area contributed by atoms with E-state index in [1.807, 2.05) is 259 Å². The lowest BCUT2D eigenvalue weighted by molar-refractivity contribution is -0.108. The number of aromatic amines is 2. The van der Waals surface area contributed by atoms with E-state index in [0.29, 0.717) is 30.5 Å². The average molecular weight is 2290 g/mol. The molecule has 21 rings (SSSR count). The highest BCUT2D eigenvalue weighted by Crippen LogP contribution is 2.37. The summed E-state index contributed by atoms with van der Waals surface area (Å²) in [6, 6.07) is 104. The molecule has 0 aliphatic rings.